The van der Waals surface area contributed by atoms with Crippen LogP contribution in [0.3, 0.4) is 0 Å². The number of carbonyl (C=O) groups is 1. The van der Waals surface area contributed by atoms with Gasteiger partial charge in [0.2, 0.25) is 0 Å². The molecule has 3 heteroatoms. The van der Waals surface area contributed by atoms with Crippen LogP contribution in [-0.2, 0) is 4.79 Å². The van der Waals surface area contributed by atoms with Gasteiger partial charge in [-0.2, -0.15) is 0 Å². The van der Waals surface area contributed by atoms with E-state index in [9.17, 15) is 4.79 Å². The minimum atomic E-state index is 0.152. The molecule has 2 nitrogen and oxygen atoms in total. The Hall–Kier alpha value is -0.500. The van der Waals surface area contributed by atoms with Crippen LogP contribution < -0.4 is 0 Å². The van der Waals surface area contributed by atoms with Crippen LogP contribution in [0, 0.1) is 17.8 Å². The maximum absolute atomic E-state index is 11.9. The van der Waals surface area contributed by atoms with E-state index in [1.165, 1.54) is 12.8 Å². The standard InChI is InChI=1S/C15H22ClNO/c1-9-7-11-8-12(16)3-4-13(11)17-6-5-14(18)10(2)15(9)17/h5-6,9-13,15H,3-4,7-8H2,1-2H3. The Bertz CT molecular complexity index is 381. The van der Waals surface area contributed by atoms with E-state index < -0.39 is 0 Å². The highest BCUT2D eigenvalue weighted by Gasteiger charge is 2.46. The lowest BCUT2D eigenvalue weighted by Crippen LogP contribution is -2.58. The molecule has 6 atom stereocenters. The second kappa shape index (κ2) is 4.56. The van der Waals surface area contributed by atoms with Gasteiger partial charge in [0.15, 0.2) is 5.78 Å². The van der Waals surface area contributed by atoms with Gasteiger partial charge < -0.3 is 4.90 Å². The molecule has 3 rings (SSSR count). The Morgan fingerprint density at radius 3 is 2.83 bits per heavy atom. The molecular formula is C15H22ClNO. The van der Waals surface area contributed by atoms with E-state index in [4.69, 9.17) is 11.6 Å². The highest BCUT2D eigenvalue weighted by atomic mass is 35.5. The van der Waals surface area contributed by atoms with Crippen molar-refractivity contribution in [2.75, 3.05) is 0 Å². The van der Waals surface area contributed by atoms with Crippen LogP contribution >= 0.6 is 11.6 Å². The highest BCUT2D eigenvalue weighted by molar-refractivity contribution is 6.20. The number of nitrogens with zero attached hydrogens (tertiary/aromatic N) is 1. The third-order valence-electron chi connectivity index (χ3n) is 5.24. The highest BCUT2D eigenvalue weighted by Crippen LogP contribution is 2.44. The van der Waals surface area contributed by atoms with Crippen LogP contribution in [0.15, 0.2) is 12.3 Å². The number of carbonyl (C=O) groups excluding carboxylic acids is 1. The Morgan fingerprint density at radius 1 is 1.28 bits per heavy atom. The average Bonchev–Trinajstić information content (AvgIpc) is 2.32. The predicted molar refractivity (Wildman–Crippen MR) is 73.5 cm³/mol. The lowest BCUT2D eigenvalue weighted by molar-refractivity contribution is -0.124. The first-order valence-electron chi connectivity index (χ1n) is 7.21. The molecule has 6 unspecified atom stereocenters. The first-order valence-corrected chi connectivity index (χ1v) is 7.65. The van der Waals surface area contributed by atoms with E-state index in [-0.39, 0.29) is 5.92 Å². The van der Waals surface area contributed by atoms with Gasteiger partial charge in [0.05, 0.1) is 0 Å². The number of rotatable bonds is 0. The third-order valence-corrected chi connectivity index (χ3v) is 5.63. The smallest absolute Gasteiger partial charge is 0.161 e. The van der Waals surface area contributed by atoms with Gasteiger partial charge in [-0.1, -0.05) is 13.8 Å². The van der Waals surface area contributed by atoms with Gasteiger partial charge in [0, 0.05) is 29.6 Å². The Kier molecular flexibility index (Phi) is 3.17. The number of hydrogen-bond acceptors (Lipinski definition) is 2. The summed E-state index contributed by atoms with van der Waals surface area (Å²) in [6.07, 6.45) is 8.54. The van der Waals surface area contributed by atoms with Crippen LogP contribution in [0.1, 0.15) is 39.5 Å². The Morgan fingerprint density at radius 2 is 2.06 bits per heavy atom. The minimum Gasteiger partial charge on any atom is -0.370 e. The second-order valence-electron chi connectivity index (χ2n) is 6.40. The summed E-state index contributed by atoms with van der Waals surface area (Å²) in [5, 5.41) is 0.364. The van der Waals surface area contributed by atoms with Crippen molar-refractivity contribution in [1.29, 1.82) is 0 Å². The lowest BCUT2D eigenvalue weighted by Gasteiger charge is -2.54. The maximum atomic E-state index is 11.9. The molecule has 2 aliphatic heterocycles. The fraction of sp³-hybridized carbons (Fsp3) is 0.800. The monoisotopic (exact) mass is 267 g/mol. The van der Waals surface area contributed by atoms with Crippen LogP contribution in [0.5, 0.6) is 0 Å². The molecule has 0 bridgehead atoms. The third kappa shape index (κ3) is 1.89. The molecule has 1 saturated heterocycles. The largest absolute Gasteiger partial charge is 0.370 e. The van der Waals surface area contributed by atoms with Gasteiger partial charge in [-0.25, -0.2) is 0 Å². The average molecular weight is 268 g/mol. The zero-order valence-corrected chi connectivity index (χ0v) is 11.9. The molecule has 2 fully saturated rings. The van der Waals surface area contributed by atoms with Gasteiger partial charge >= 0.3 is 0 Å². The first-order chi connectivity index (χ1) is 8.58. The summed E-state index contributed by atoms with van der Waals surface area (Å²) in [4.78, 5) is 14.4. The van der Waals surface area contributed by atoms with E-state index >= 15 is 0 Å². The molecule has 0 aromatic carbocycles. The van der Waals surface area contributed by atoms with Crippen molar-refractivity contribution in [3.63, 3.8) is 0 Å². The van der Waals surface area contributed by atoms with Crippen molar-refractivity contribution < 1.29 is 4.79 Å². The van der Waals surface area contributed by atoms with Gasteiger partial charge in [-0.3, -0.25) is 4.79 Å². The quantitative estimate of drug-likeness (QED) is 0.628. The zero-order chi connectivity index (χ0) is 12.9. The van der Waals surface area contributed by atoms with Crippen molar-refractivity contribution in [3.05, 3.63) is 12.3 Å². The van der Waals surface area contributed by atoms with E-state index in [2.05, 4.69) is 24.9 Å². The van der Waals surface area contributed by atoms with Crippen molar-refractivity contribution in [1.82, 2.24) is 4.90 Å². The SMILES string of the molecule is CC1CC2CC(Cl)CCC2N2C=CC(=O)C(C)C12. The van der Waals surface area contributed by atoms with Gasteiger partial charge in [-0.05, 0) is 43.6 Å². The van der Waals surface area contributed by atoms with Crippen LogP contribution in [0.4, 0.5) is 0 Å². The number of piperidine rings is 1. The maximum Gasteiger partial charge on any atom is 0.161 e. The van der Waals surface area contributed by atoms with Crippen molar-refractivity contribution in [2.45, 2.75) is 57.0 Å². The fourth-order valence-corrected chi connectivity index (χ4v) is 4.76. The van der Waals surface area contributed by atoms with Crippen LogP contribution in [0.25, 0.3) is 0 Å². The zero-order valence-electron chi connectivity index (χ0n) is 11.2. The lowest BCUT2D eigenvalue weighted by atomic mass is 9.69. The minimum absolute atomic E-state index is 0.152. The van der Waals surface area contributed by atoms with Crippen molar-refractivity contribution in [2.24, 2.45) is 17.8 Å². The molecule has 1 saturated carbocycles. The molecule has 0 aromatic rings. The number of fused-ring (bicyclic) bond motifs is 3. The Labute approximate surface area is 114 Å². The summed E-state index contributed by atoms with van der Waals surface area (Å²) in [7, 11) is 0. The molecule has 18 heavy (non-hydrogen) atoms. The molecular weight excluding hydrogens is 246 g/mol. The molecule has 0 spiro atoms. The van der Waals surface area contributed by atoms with Crippen molar-refractivity contribution in [3.8, 4) is 0 Å². The Balaban J connectivity index is 1.88. The number of allylic oxidation sites excluding steroid dienone is 1. The summed E-state index contributed by atoms with van der Waals surface area (Å²) in [5.41, 5.74) is 0. The topological polar surface area (TPSA) is 20.3 Å². The van der Waals surface area contributed by atoms with E-state index in [1.54, 1.807) is 6.08 Å². The fourth-order valence-electron chi connectivity index (χ4n) is 4.41. The molecule has 1 aliphatic carbocycles. The van der Waals surface area contributed by atoms with Crippen molar-refractivity contribution >= 4 is 17.4 Å². The first kappa shape index (κ1) is 12.5. The summed E-state index contributed by atoms with van der Waals surface area (Å²) in [6.45, 7) is 4.39. The number of hydrogen-bond donors (Lipinski definition) is 0. The second-order valence-corrected chi connectivity index (χ2v) is 7.01. The molecule has 2 heterocycles. The molecule has 0 aromatic heterocycles. The molecule has 3 aliphatic rings. The number of ketones is 1. The summed E-state index contributed by atoms with van der Waals surface area (Å²) < 4.78 is 0. The molecule has 0 radical (unpaired) electrons. The molecule has 0 amide bonds. The number of halogens is 1. The van der Waals surface area contributed by atoms with Gasteiger partial charge in [0.25, 0.3) is 0 Å². The summed E-state index contributed by atoms with van der Waals surface area (Å²) >= 11 is 6.32. The number of alkyl halides is 1. The van der Waals surface area contributed by atoms with Gasteiger partial charge in [-0.15, -0.1) is 11.6 Å². The van der Waals surface area contributed by atoms with Crippen LogP contribution in [0.2, 0.25) is 0 Å². The summed E-state index contributed by atoms with van der Waals surface area (Å²) in [5.74, 6) is 1.77. The van der Waals surface area contributed by atoms with Crippen LogP contribution in [-0.4, -0.2) is 28.1 Å². The van der Waals surface area contributed by atoms with Gasteiger partial charge in [0.1, 0.15) is 0 Å². The predicted octanol–water partition coefficient (Wildman–Crippen LogP) is 3.21. The summed E-state index contributed by atoms with van der Waals surface area (Å²) in [6, 6.07) is 1.03. The molecule has 0 N–H and O–H groups in total. The van der Waals surface area contributed by atoms with E-state index in [1.807, 2.05) is 0 Å². The molecule has 100 valence electrons. The normalized spacial score (nSPS) is 47.7. The van der Waals surface area contributed by atoms with E-state index in [0.717, 1.165) is 18.8 Å². The van der Waals surface area contributed by atoms with E-state index in [0.29, 0.717) is 29.2 Å².